The zero-order valence-electron chi connectivity index (χ0n) is 13.3. The molecule has 1 aromatic heterocycles. The molecule has 1 aliphatic heterocycles. The van der Waals surface area contributed by atoms with Gasteiger partial charge in [0.15, 0.2) is 0 Å². The largest absolute Gasteiger partial charge is 0.387 e. The summed E-state index contributed by atoms with van der Waals surface area (Å²) in [6.45, 7) is 2.54. The Balaban J connectivity index is 1.72. The minimum atomic E-state index is -0.178. The molecule has 23 heavy (non-hydrogen) atoms. The molecule has 3 rings (SSSR count). The first-order chi connectivity index (χ1) is 11.1. The van der Waals surface area contributed by atoms with E-state index in [0.29, 0.717) is 18.5 Å². The molecule has 7 nitrogen and oxygen atoms in total. The van der Waals surface area contributed by atoms with Crippen molar-refractivity contribution in [3.63, 3.8) is 0 Å². The monoisotopic (exact) mass is 315 g/mol. The Hall–Kier alpha value is -2.57. The molecule has 0 saturated heterocycles. The number of carbonyl (C=O) groups is 1. The summed E-state index contributed by atoms with van der Waals surface area (Å²) in [6, 6.07) is 5.80. The van der Waals surface area contributed by atoms with Crippen LogP contribution in [0.25, 0.3) is 0 Å². The predicted molar refractivity (Wildman–Crippen MR) is 87.8 cm³/mol. The first kappa shape index (κ1) is 15.3. The van der Waals surface area contributed by atoms with Gasteiger partial charge in [-0.05, 0) is 31.9 Å². The summed E-state index contributed by atoms with van der Waals surface area (Å²) in [5, 5.41) is 12.6. The average molecular weight is 315 g/mol. The summed E-state index contributed by atoms with van der Waals surface area (Å²) in [6.07, 6.45) is 2.17. The van der Waals surface area contributed by atoms with E-state index in [-0.39, 0.29) is 17.6 Å². The molecule has 0 fully saturated rings. The van der Waals surface area contributed by atoms with E-state index in [0.717, 1.165) is 29.9 Å². The van der Waals surface area contributed by atoms with Crippen molar-refractivity contribution < 1.29 is 4.79 Å². The van der Waals surface area contributed by atoms with E-state index >= 15 is 0 Å². The molecule has 0 aliphatic carbocycles. The first-order valence-corrected chi connectivity index (χ1v) is 7.82. The van der Waals surface area contributed by atoms with Crippen LogP contribution in [0.2, 0.25) is 0 Å². The number of aromatic nitrogens is 3. The zero-order valence-corrected chi connectivity index (χ0v) is 13.3. The number of aryl methyl sites for hydroxylation is 2. The quantitative estimate of drug-likeness (QED) is 0.789. The Kier molecular flexibility index (Phi) is 4.18. The number of H-pyrrole nitrogens is 1. The number of carbonyl (C=O) groups excluding carboxylic acids is 1. The number of hydrogen-bond donors (Lipinski definition) is 3. The summed E-state index contributed by atoms with van der Waals surface area (Å²) >= 11 is 0. The third-order valence-corrected chi connectivity index (χ3v) is 4.28. The fraction of sp³-hybridized carbons (Fsp3) is 0.438. The molecule has 0 radical (unpaired) electrons. The summed E-state index contributed by atoms with van der Waals surface area (Å²) in [5.74, 6) is 0.676. The average Bonchev–Trinajstić information content (AvgIpc) is 2.77. The van der Waals surface area contributed by atoms with Crippen molar-refractivity contribution >= 4 is 11.6 Å². The van der Waals surface area contributed by atoms with Crippen LogP contribution in [-0.4, -0.2) is 33.8 Å². The second-order valence-electron chi connectivity index (χ2n) is 5.89. The van der Waals surface area contributed by atoms with Gasteiger partial charge >= 0.3 is 5.69 Å². The van der Waals surface area contributed by atoms with Crippen LogP contribution in [-0.2, 0) is 13.0 Å². The Morgan fingerprint density at radius 1 is 1.39 bits per heavy atom. The number of fused-ring (bicyclic) bond motifs is 1. The highest BCUT2D eigenvalue weighted by Gasteiger charge is 2.21. The number of amides is 1. The van der Waals surface area contributed by atoms with Crippen LogP contribution in [0.5, 0.6) is 0 Å². The van der Waals surface area contributed by atoms with Crippen LogP contribution < -0.4 is 16.3 Å². The maximum Gasteiger partial charge on any atom is 0.343 e. The van der Waals surface area contributed by atoms with Gasteiger partial charge in [-0.15, -0.1) is 0 Å². The fourth-order valence-electron chi connectivity index (χ4n) is 2.98. The van der Waals surface area contributed by atoms with Crippen LogP contribution in [0.15, 0.2) is 23.0 Å². The van der Waals surface area contributed by atoms with E-state index in [1.54, 1.807) is 11.6 Å². The number of benzene rings is 1. The Bertz CT molecular complexity index is 777. The topological polar surface area (TPSA) is 91.8 Å². The number of nitrogens with one attached hydrogen (secondary N) is 3. The normalized spacial score (nSPS) is 17.2. The molecule has 122 valence electrons. The van der Waals surface area contributed by atoms with Gasteiger partial charge in [0.25, 0.3) is 5.91 Å². The summed E-state index contributed by atoms with van der Waals surface area (Å²) in [5.41, 5.74) is 2.32. The van der Waals surface area contributed by atoms with E-state index in [1.165, 1.54) is 0 Å². The van der Waals surface area contributed by atoms with Crippen molar-refractivity contribution in [3.8, 4) is 0 Å². The van der Waals surface area contributed by atoms with E-state index < -0.39 is 0 Å². The second kappa shape index (κ2) is 6.28. The summed E-state index contributed by atoms with van der Waals surface area (Å²) in [7, 11) is 1.80. The van der Waals surface area contributed by atoms with E-state index in [2.05, 4.69) is 20.8 Å². The van der Waals surface area contributed by atoms with Gasteiger partial charge in [-0.25, -0.2) is 9.89 Å². The van der Waals surface area contributed by atoms with Crippen LogP contribution >= 0.6 is 0 Å². The van der Waals surface area contributed by atoms with Crippen LogP contribution in [0.3, 0.4) is 0 Å². The minimum absolute atomic E-state index is 0.0359. The van der Waals surface area contributed by atoms with Gasteiger partial charge in [-0.3, -0.25) is 9.36 Å². The molecule has 0 saturated carbocycles. The van der Waals surface area contributed by atoms with Crippen molar-refractivity contribution in [1.29, 1.82) is 0 Å². The maximum absolute atomic E-state index is 12.6. The molecule has 0 spiro atoms. The highest BCUT2D eigenvalue weighted by Crippen LogP contribution is 2.18. The second-order valence-corrected chi connectivity index (χ2v) is 5.89. The molecule has 0 bridgehead atoms. The SMILES string of the molecule is CNc1ccc(C)cc1C(=O)NC1CCc2n[nH]c(=O)n2CC1. The van der Waals surface area contributed by atoms with E-state index in [1.807, 2.05) is 25.1 Å². The van der Waals surface area contributed by atoms with Crippen molar-refractivity contribution in [2.24, 2.45) is 0 Å². The van der Waals surface area contributed by atoms with Gasteiger partial charge in [-0.2, -0.15) is 5.10 Å². The van der Waals surface area contributed by atoms with Crippen LogP contribution in [0.1, 0.15) is 34.6 Å². The molecule has 2 heterocycles. The molecular weight excluding hydrogens is 294 g/mol. The van der Waals surface area contributed by atoms with Gasteiger partial charge in [0, 0.05) is 31.7 Å². The lowest BCUT2D eigenvalue weighted by molar-refractivity contribution is 0.0933. The Morgan fingerprint density at radius 2 is 2.22 bits per heavy atom. The molecule has 2 aromatic rings. The molecule has 1 unspecified atom stereocenters. The minimum Gasteiger partial charge on any atom is -0.387 e. The number of rotatable bonds is 3. The van der Waals surface area contributed by atoms with Crippen LogP contribution in [0, 0.1) is 6.92 Å². The lowest BCUT2D eigenvalue weighted by Gasteiger charge is -2.17. The molecule has 1 aromatic carbocycles. The molecule has 3 N–H and O–H groups in total. The van der Waals surface area contributed by atoms with Gasteiger partial charge in [0.2, 0.25) is 0 Å². The standard InChI is InChI=1S/C16H21N5O2/c1-10-3-5-13(17-2)12(9-10)15(22)18-11-4-6-14-19-20-16(23)21(14)8-7-11/h3,5,9,11,17H,4,6-8H2,1-2H3,(H,18,22)(H,20,23). The van der Waals surface area contributed by atoms with Crippen molar-refractivity contribution in [2.45, 2.75) is 38.8 Å². The smallest absolute Gasteiger partial charge is 0.343 e. The van der Waals surface area contributed by atoms with Gasteiger partial charge < -0.3 is 10.6 Å². The lowest BCUT2D eigenvalue weighted by Crippen LogP contribution is -2.35. The zero-order chi connectivity index (χ0) is 16.4. The molecule has 1 amide bonds. The number of anilines is 1. The van der Waals surface area contributed by atoms with Crippen molar-refractivity contribution in [1.82, 2.24) is 20.1 Å². The molecule has 1 aliphatic rings. The number of hydrogen-bond acceptors (Lipinski definition) is 4. The Morgan fingerprint density at radius 3 is 3.00 bits per heavy atom. The van der Waals surface area contributed by atoms with Crippen LogP contribution in [0.4, 0.5) is 5.69 Å². The van der Waals surface area contributed by atoms with E-state index in [4.69, 9.17) is 0 Å². The third-order valence-electron chi connectivity index (χ3n) is 4.28. The lowest BCUT2D eigenvalue weighted by atomic mass is 10.1. The fourth-order valence-corrected chi connectivity index (χ4v) is 2.98. The van der Waals surface area contributed by atoms with Gasteiger partial charge in [0.1, 0.15) is 5.82 Å². The molecule has 1 atom stereocenters. The van der Waals surface area contributed by atoms with Crippen molar-refractivity contribution in [3.05, 3.63) is 45.6 Å². The predicted octanol–water partition coefficient (Wildman–Crippen LogP) is 1.06. The number of nitrogens with zero attached hydrogens (tertiary/aromatic N) is 2. The number of aromatic amines is 1. The highest BCUT2D eigenvalue weighted by molar-refractivity contribution is 6.00. The van der Waals surface area contributed by atoms with Crippen molar-refractivity contribution in [2.75, 3.05) is 12.4 Å². The van der Waals surface area contributed by atoms with Gasteiger partial charge in [-0.1, -0.05) is 11.6 Å². The third kappa shape index (κ3) is 3.13. The van der Waals surface area contributed by atoms with Gasteiger partial charge in [0.05, 0.1) is 5.56 Å². The maximum atomic E-state index is 12.6. The summed E-state index contributed by atoms with van der Waals surface area (Å²) in [4.78, 5) is 24.2. The van der Waals surface area contributed by atoms with E-state index in [9.17, 15) is 9.59 Å². The first-order valence-electron chi connectivity index (χ1n) is 7.82. The molecule has 7 heteroatoms. The summed E-state index contributed by atoms with van der Waals surface area (Å²) < 4.78 is 1.65. The Labute approximate surface area is 134 Å². The molecular formula is C16H21N5O2. The highest BCUT2D eigenvalue weighted by atomic mass is 16.2.